The van der Waals surface area contributed by atoms with Crippen molar-refractivity contribution in [2.45, 2.75) is 18.8 Å². The third-order valence-corrected chi connectivity index (χ3v) is 6.62. The van der Waals surface area contributed by atoms with E-state index < -0.39 is 42.6 Å². The number of fused-ring (bicyclic) bond motifs is 2. The first-order chi connectivity index (χ1) is 19.8. The van der Waals surface area contributed by atoms with Gasteiger partial charge in [0.1, 0.15) is 25.0 Å². The van der Waals surface area contributed by atoms with E-state index in [2.05, 4.69) is 4.74 Å². The van der Waals surface area contributed by atoms with Crippen LogP contribution in [0.25, 0.3) is 10.8 Å². The Morgan fingerprint density at radius 2 is 1.90 bits per heavy atom. The molecule has 3 aromatic rings. The Labute approximate surface area is 237 Å². The molecule has 1 unspecified atom stereocenters. The summed E-state index contributed by atoms with van der Waals surface area (Å²) in [6.45, 7) is -1.40. The number of carboxylic acids is 1. The second kappa shape index (κ2) is 11.9. The van der Waals surface area contributed by atoms with Crippen LogP contribution in [0.15, 0.2) is 48.5 Å². The number of methoxy groups -OCH3 is 1. The van der Waals surface area contributed by atoms with Crippen molar-refractivity contribution in [2.75, 3.05) is 38.8 Å². The molecule has 0 saturated heterocycles. The number of amides is 2. The molecule has 0 aliphatic carbocycles. The molecule has 0 radical (unpaired) electrons. The van der Waals surface area contributed by atoms with E-state index in [0.29, 0.717) is 22.1 Å². The van der Waals surface area contributed by atoms with Gasteiger partial charge in [0.05, 0.1) is 37.0 Å². The number of benzene rings is 3. The highest BCUT2D eigenvalue weighted by molar-refractivity contribution is 6.05. The number of halogens is 3. The second-order valence-corrected chi connectivity index (χ2v) is 9.34. The molecule has 4 rings (SSSR count). The fourth-order valence-electron chi connectivity index (χ4n) is 4.47. The van der Waals surface area contributed by atoms with Gasteiger partial charge in [-0.2, -0.15) is 13.2 Å². The zero-order valence-corrected chi connectivity index (χ0v) is 22.4. The first-order valence-corrected chi connectivity index (χ1v) is 12.5. The number of carbonyl (C=O) groups excluding carboxylic acids is 3. The third kappa shape index (κ3) is 6.07. The summed E-state index contributed by atoms with van der Waals surface area (Å²) < 4.78 is 52.8. The van der Waals surface area contributed by atoms with Crippen molar-refractivity contribution in [3.05, 3.63) is 65.2 Å². The number of carbonyl (C=O) groups is 4. The summed E-state index contributed by atoms with van der Waals surface area (Å²) in [5.74, 6) is -4.22. The van der Waals surface area contributed by atoms with Gasteiger partial charge < -0.3 is 34.9 Å². The minimum absolute atomic E-state index is 0.0000302. The lowest BCUT2D eigenvalue weighted by molar-refractivity contribution is -0.199. The van der Waals surface area contributed by atoms with Crippen molar-refractivity contribution >= 4 is 40.2 Å². The number of ether oxygens (including phenoxy) is 3. The largest absolute Gasteiger partial charge is 0.496 e. The Balaban J connectivity index is 1.70. The van der Waals surface area contributed by atoms with Gasteiger partial charge in [0, 0.05) is 12.6 Å². The van der Waals surface area contributed by atoms with Crippen LogP contribution in [-0.2, 0) is 20.9 Å². The number of hydrogen-bond donors (Lipinski definition) is 2. The highest BCUT2D eigenvalue weighted by atomic mass is 19.4. The zero-order valence-electron chi connectivity index (χ0n) is 22.4. The molecule has 0 bridgehead atoms. The van der Waals surface area contributed by atoms with Crippen LogP contribution >= 0.6 is 0 Å². The van der Waals surface area contributed by atoms with Gasteiger partial charge in [0.2, 0.25) is 5.91 Å². The molecule has 1 aliphatic heterocycles. The van der Waals surface area contributed by atoms with Crippen molar-refractivity contribution in [1.29, 1.82) is 0 Å². The third-order valence-electron chi connectivity index (χ3n) is 6.62. The Bertz CT molecular complexity index is 1560. The lowest BCUT2D eigenvalue weighted by Gasteiger charge is -2.26. The van der Waals surface area contributed by atoms with Crippen LogP contribution in [-0.4, -0.2) is 79.9 Å². The van der Waals surface area contributed by atoms with Crippen LogP contribution in [0.5, 0.6) is 11.5 Å². The highest BCUT2D eigenvalue weighted by Crippen LogP contribution is 2.38. The Kier molecular flexibility index (Phi) is 8.56. The first kappa shape index (κ1) is 30.1. The average molecular weight is 590 g/mol. The van der Waals surface area contributed by atoms with Crippen LogP contribution in [0.1, 0.15) is 26.3 Å². The maximum atomic E-state index is 13.5. The molecule has 2 amide bonds. The number of rotatable bonds is 8. The van der Waals surface area contributed by atoms with Crippen LogP contribution in [0, 0.1) is 0 Å². The minimum atomic E-state index is -5.16. The van der Waals surface area contributed by atoms with E-state index >= 15 is 0 Å². The van der Waals surface area contributed by atoms with Crippen LogP contribution in [0.4, 0.5) is 18.9 Å². The number of aromatic carboxylic acids is 1. The van der Waals surface area contributed by atoms with Crippen LogP contribution in [0.3, 0.4) is 0 Å². The summed E-state index contributed by atoms with van der Waals surface area (Å²) in [6, 6.07) is 11.2. The Hall–Kier alpha value is -4.85. The zero-order chi connectivity index (χ0) is 30.8. The average Bonchev–Trinajstić information content (AvgIpc) is 3.07. The molecule has 1 atom stereocenters. The van der Waals surface area contributed by atoms with Gasteiger partial charge in [0.25, 0.3) is 5.91 Å². The van der Waals surface area contributed by atoms with Gasteiger partial charge in [-0.1, -0.05) is 18.2 Å². The Morgan fingerprint density at radius 3 is 2.57 bits per heavy atom. The molecule has 0 fully saturated rings. The predicted molar refractivity (Wildman–Crippen MR) is 143 cm³/mol. The second-order valence-electron chi connectivity index (χ2n) is 9.34. The molecule has 3 aromatic carbocycles. The van der Waals surface area contributed by atoms with Crippen LogP contribution in [0.2, 0.25) is 0 Å². The topological polar surface area (TPSA) is 149 Å². The quantitative estimate of drug-likeness (QED) is 0.378. The SMILES string of the molecule is COc1ccc2cc(C(=O)O)ccc2c1CN1C(=O)C(N)COc2c(C(=O)N(C)CCOC(=O)C(F)(F)F)cccc21. The molecule has 11 nitrogen and oxygen atoms in total. The molecule has 14 heteroatoms. The fourth-order valence-corrected chi connectivity index (χ4v) is 4.47. The molecular formula is C28H26F3N3O8. The number of likely N-dealkylation sites (N-methyl/N-ethyl adjacent to an activating group) is 1. The van der Waals surface area contributed by atoms with E-state index in [1.807, 2.05) is 0 Å². The number of esters is 1. The van der Waals surface area contributed by atoms with E-state index in [0.717, 1.165) is 4.90 Å². The van der Waals surface area contributed by atoms with Crippen LogP contribution < -0.4 is 20.1 Å². The molecule has 1 heterocycles. The number of nitrogens with zero attached hydrogens (tertiary/aromatic N) is 2. The number of alkyl halides is 3. The smallest absolute Gasteiger partial charge is 0.490 e. The summed E-state index contributed by atoms with van der Waals surface area (Å²) in [7, 11) is 2.75. The first-order valence-electron chi connectivity index (χ1n) is 12.5. The summed E-state index contributed by atoms with van der Waals surface area (Å²) in [5, 5.41) is 10.6. The van der Waals surface area contributed by atoms with Gasteiger partial charge in [0.15, 0.2) is 5.75 Å². The van der Waals surface area contributed by atoms with Gasteiger partial charge in [-0.05, 0) is 41.1 Å². The van der Waals surface area contributed by atoms with E-state index in [9.17, 15) is 37.5 Å². The fraction of sp³-hybridized carbons (Fsp3) is 0.286. The molecule has 0 spiro atoms. The molecule has 0 saturated carbocycles. The van der Waals surface area contributed by atoms with Crippen molar-refractivity contribution in [2.24, 2.45) is 5.73 Å². The lowest BCUT2D eigenvalue weighted by atomic mass is 10.00. The molecule has 222 valence electrons. The van der Waals surface area contributed by atoms with E-state index in [1.54, 1.807) is 24.3 Å². The summed E-state index contributed by atoms with van der Waals surface area (Å²) >= 11 is 0. The summed E-state index contributed by atoms with van der Waals surface area (Å²) in [4.78, 5) is 51.6. The van der Waals surface area contributed by atoms with Crippen molar-refractivity contribution < 1.29 is 51.7 Å². The molecule has 0 aromatic heterocycles. The van der Waals surface area contributed by atoms with E-state index in [4.69, 9.17) is 15.2 Å². The van der Waals surface area contributed by atoms with E-state index in [1.165, 1.54) is 43.3 Å². The van der Waals surface area contributed by atoms with Gasteiger partial charge >= 0.3 is 18.1 Å². The lowest BCUT2D eigenvalue weighted by Crippen LogP contribution is -2.45. The highest BCUT2D eigenvalue weighted by Gasteiger charge is 2.41. The van der Waals surface area contributed by atoms with Crippen molar-refractivity contribution in [1.82, 2.24) is 4.90 Å². The molecule has 42 heavy (non-hydrogen) atoms. The van der Waals surface area contributed by atoms with Gasteiger partial charge in [-0.15, -0.1) is 0 Å². The minimum Gasteiger partial charge on any atom is -0.496 e. The monoisotopic (exact) mass is 589 g/mol. The van der Waals surface area contributed by atoms with Gasteiger partial charge in [-0.25, -0.2) is 9.59 Å². The van der Waals surface area contributed by atoms with Gasteiger partial charge in [-0.3, -0.25) is 9.59 Å². The standard InChI is InChI=1S/C28H26F3N3O8/c1-33(10-11-41-27(39)28(29,30)31)24(35)18-4-3-5-21-23(18)42-14-20(32)25(36)34(21)13-19-17-8-6-16(26(37)38)12-15(17)7-9-22(19)40-2/h3-9,12,20H,10-11,13-14,32H2,1-2H3,(H,37,38). The molecular weight excluding hydrogens is 563 g/mol. The number of hydrogen-bond acceptors (Lipinski definition) is 8. The van der Waals surface area contributed by atoms with E-state index in [-0.39, 0.29) is 42.3 Å². The number of anilines is 1. The predicted octanol–water partition coefficient (Wildman–Crippen LogP) is 2.98. The normalized spacial score (nSPS) is 15.0. The maximum absolute atomic E-state index is 13.5. The maximum Gasteiger partial charge on any atom is 0.490 e. The summed E-state index contributed by atoms with van der Waals surface area (Å²) in [5.41, 5.74) is 6.93. The molecule has 3 N–H and O–H groups in total. The van der Waals surface area contributed by atoms with Crippen molar-refractivity contribution in [3.63, 3.8) is 0 Å². The van der Waals surface area contributed by atoms with Crippen molar-refractivity contribution in [3.8, 4) is 11.5 Å². The number of carboxylic acid groups (broad SMARTS) is 1. The number of nitrogens with two attached hydrogens (primary N) is 1. The Morgan fingerprint density at radius 1 is 1.17 bits per heavy atom. The summed E-state index contributed by atoms with van der Waals surface area (Å²) in [6.07, 6.45) is -5.16. The number of para-hydroxylation sites is 1. The molecule has 1 aliphatic rings.